The molecule has 2 unspecified atom stereocenters. The first kappa shape index (κ1) is 13.2. The van der Waals surface area contributed by atoms with E-state index in [2.05, 4.69) is 6.58 Å². The number of rotatable bonds is 5. The summed E-state index contributed by atoms with van der Waals surface area (Å²) in [5.74, 6) is -1.60. The van der Waals surface area contributed by atoms with E-state index in [0.717, 1.165) is 6.08 Å². The second-order valence-electron chi connectivity index (χ2n) is 3.60. The lowest BCUT2D eigenvalue weighted by atomic mass is 10.2. The van der Waals surface area contributed by atoms with Crippen LogP contribution in [0.3, 0.4) is 0 Å². The fraction of sp³-hybridized carbons (Fsp3) is 0.545. The molecule has 6 heteroatoms. The minimum atomic E-state index is -0.829. The first-order chi connectivity index (χ1) is 8.02. The van der Waals surface area contributed by atoms with Gasteiger partial charge in [-0.05, 0) is 6.92 Å². The molecule has 0 saturated carbocycles. The molecular formula is C11H14O6. The van der Waals surface area contributed by atoms with Gasteiger partial charge in [-0.3, -0.25) is 4.79 Å². The lowest BCUT2D eigenvalue weighted by Gasteiger charge is -2.14. The highest BCUT2D eigenvalue weighted by molar-refractivity contribution is 5.83. The standard InChI is InChI=1S/C11H14O6/c1-3-9(12)16-7(2)6-15-11(14)8-4-5-10(13)17-8/h3,7-8H,1,4-6H2,2H3. The molecule has 1 saturated heterocycles. The highest BCUT2D eigenvalue weighted by atomic mass is 16.6. The predicted octanol–water partition coefficient (Wildman–Crippen LogP) is 0.353. The molecule has 0 N–H and O–H groups in total. The Morgan fingerprint density at radius 2 is 2.35 bits per heavy atom. The Kier molecular flexibility index (Phi) is 4.68. The number of cyclic esters (lactones) is 1. The van der Waals surface area contributed by atoms with Crippen LogP contribution < -0.4 is 0 Å². The smallest absolute Gasteiger partial charge is 0.347 e. The Hall–Kier alpha value is -1.85. The molecule has 1 fully saturated rings. The molecule has 1 aliphatic heterocycles. The van der Waals surface area contributed by atoms with Crippen molar-refractivity contribution >= 4 is 17.9 Å². The summed E-state index contributed by atoms with van der Waals surface area (Å²) in [6, 6.07) is 0. The first-order valence-corrected chi connectivity index (χ1v) is 5.22. The lowest BCUT2D eigenvalue weighted by Crippen LogP contribution is -2.27. The molecule has 0 spiro atoms. The molecule has 6 nitrogen and oxygen atoms in total. The molecule has 0 aliphatic carbocycles. The summed E-state index contributed by atoms with van der Waals surface area (Å²) in [5, 5.41) is 0. The largest absolute Gasteiger partial charge is 0.459 e. The summed E-state index contributed by atoms with van der Waals surface area (Å²) in [4.78, 5) is 33.0. The van der Waals surface area contributed by atoms with Crippen LogP contribution in [-0.2, 0) is 28.6 Å². The highest BCUT2D eigenvalue weighted by Crippen LogP contribution is 2.15. The maximum atomic E-state index is 11.4. The topological polar surface area (TPSA) is 78.9 Å². The summed E-state index contributed by atoms with van der Waals surface area (Å²) in [6.07, 6.45) is 0.183. The number of hydrogen-bond acceptors (Lipinski definition) is 6. The third kappa shape index (κ3) is 4.26. The minimum Gasteiger partial charge on any atom is -0.459 e. The van der Waals surface area contributed by atoms with Gasteiger partial charge in [0.25, 0.3) is 0 Å². The Morgan fingerprint density at radius 1 is 1.65 bits per heavy atom. The maximum absolute atomic E-state index is 11.4. The van der Waals surface area contributed by atoms with Crippen molar-refractivity contribution in [2.75, 3.05) is 6.61 Å². The molecule has 0 amide bonds. The van der Waals surface area contributed by atoms with Gasteiger partial charge in [0.2, 0.25) is 0 Å². The Labute approximate surface area is 98.5 Å². The second kappa shape index (κ2) is 6.03. The molecule has 1 rings (SSSR count). The molecule has 0 aromatic carbocycles. The van der Waals surface area contributed by atoms with E-state index in [1.165, 1.54) is 0 Å². The van der Waals surface area contributed by atoms with Gasteiger partial charge in [0.05, 0.1) is 0 Å². The number of hydrogen-bond donors (Lipinski definition) is 0. The summed E-state index contributed by atoms with van der Waals surface area (Å²) >= 11 is 0. The molecule has 1 heterocycles. The molecule has 17 heavy (non-hydrogen) atoms. The van der Waals surface area contributed by atoms with Crippen LogP contribution in [0.1, 0.15) is 19.8 Å². The zero-order valence-corrected chi connectivity index (χ0v) is 9.51. The van der Waals surface area contributed by atoms with E-state index >= 15 is 0 Å². The van der Waals surface area contributed by atoms with Crippen molar-refractivity contribution in [1.29, 1.82) is 0 Å². The predicted molar refractivity (Wildman–Crippen MR) is 55.8 cm³/mol. The highest BCUT2D eigenvalue weighted by Gasteiger charge is 2.31. The molecule has 0 bridgehead atoms. The van der Waals surface area contributed by atoms with Crippen molar-refractivity contribution in [2.45, 2.75) is 32.0 Å². The van der Waals surface area contributed by atoms with E-state index in [9.17, 15) is 14.4 Å². The normalized spacial score (nSPS) is 20.3. The van der Waals surface area contributed by atoms with Crippen LogP contribution in [0.2, 0.25) is 0 Å². The van der Waals surface area contributed by atoms with Gasteiger partial charge in [-0.25, -0.2) is 9.59 Å². The quantitative estimate of drug-likeness (QED) is 0.393. The maximum Gasteiger partial charge on any atom is 0.347 e. The van der Waals surface area contributed by atoms with Crippen LogP contribution in [0.4, 0.5) is 0 Å². The SMILES string of the molecule is C=CC(=O)OC(C)COC(=O)C1CCC(=O)O1. The third-order valence-corrected chi connectivity index (χ3v) is 2.09. The molecule has 1 aliphatic rings. The van der Waals surface area contributed by atoms with E-state index in [0.29, 0.717) is 6.42 Å². The van der Waals surface area contributed by atoms with Crippen molar-refractivity contribution in [3.63, 3.8) is 0 Å². The van der Waals surface area contributed by atoms with Gasteiger partial charge in [-0.15, -0.1) is 0 Å². The molecule has 2 atom stereocenters. The monoisotopic (exact) mass is 242 g/mol. The molecular weight excluding hydrogens is 228 g/mol. The fourth-order valence-electron chi connectivity index (χ4n) is 1.26. The van der Waals surface area contributed by atoms with E-state index in [4.69, 9.17) is 14.2 Å². The molecule has 0 aromatic heterocycles. The molecule has 94 valence electrons. The van der Waals surface area contributed by atoms with Crippen LogP contribution in [0.15, 0.2) is 12.7 Å². The number of ether oxygens (including phenoxy) is 3. The molecule has 0 aromatic rings. The zero-order chi connectivity index (χ0) is 12.8. The van der Waals surface area contributed by atoms with Crippen molar-refractivity contribution in [2.24, 2.45) is 0 Å². The van der Waals surface area contributed by atoms with Gasteiger partial charge in [0.1, 0.15) is 12.7 Å². The number of carbonyl (C=O) groups is 3. The zero-order valence-electron chi connectivity index (χ0n) is 9.51. The Bertz CT molecular complexity index is 335. The first-order valence-electron chi connectivity index (χ1n) is 5.22. The van der Waals surface area contributed by atoms with Crippen LogP contribution >= 0.6 is 0 Å². The van der Waals surface area contributed by atoms with Gasteiger partial charge in [-0.1, -0.05) is 6.58 Å². The van der Waals surface area contributed by atoms with Crippen molar-refractivity contribution in [3.05, 3.63) is 12.7 Å². The second-order valence-corrected chi connectivity index (χ2v) is 3.60. The summed E-state index contributed by atoms with van der Waals surface area (Å²) in [6.45, 7) is 4.74. The number of esters is 3. The summed E-state index contributed by atoms with van der Waals surface area (Å²) < 4.78 is 14.4. The summed E-state index contributed by atoms with van der Waals surface area (Å²) in [7, 11) is 0. The lowest BCUT2D eigenvalue weighted by molar-refractivity contribution is -0.165. The van der Waals surface area contributed by atoms with Crippen LogP contribution in [0.25, 0.3) is 0 Å². The van der Waals surface area contributed by atoms with Crippen LogP contribution in [0.5, 0.6) is 0 Å². The Morgan fingerprint density at radius 3 is 2.88 bits per heavy atom. The number of carbonyl (C=O) groups excluding carboxylic acids is 3. The van der Waals surface area contributed by atoms with Crippen LogP contribution in [0, 0.1) is 0 Å². The van der Waals surface area contributed by atoms with Crippen molar-refractivity contribution in [1.82, 2.24) is 0 Å². The minimum absolute atomic E-state index is 0.0769. The average molecular weight is 242 g/mol. The van der Waals surface area contributed by atoms with E-state index in [-0.39, 0.29) is 13.0 Å². The van der Waals surface area contributed by atoms with Gasteiger partial charge >= 0.3 is 17.9 Å². The third-order valence-electron chi connectivity index (χ3n) is 2.09. The van der Waals surface area contributed by atoms with Crippen molar-refractivity contribution in [3.8, 4) is 0 Å². The van der Waals surface area contributed by atoms with E-state index < -0.39 is 30.1 Å². The van der Waals surface area contributed by atoms with Crippen molar-refractivity contribution < 1.29 is 28.6 Å². The van der Waals surface area contributed by atoms with E-state index in [1.807, 2.05) is 0 Å². The van der Waals surface area contributed by atoms with Gasteiger partial charge in [0, 0.05) is 18.9 Å². The van der Waals surface area contributed by atoms with Gasteiger partial charge in [0.15, 0.2) is 6.10 Å². The molecule has 0 radical (unpaired) electrons. The van der Waals surface area contributed by atoms with Crippen LogP contribution in [-0.4, -0.2) is 36.7 Å². The van der Waals surface area contributed by atoms with Gasteiger partial charge in [-0.2, -0.15) is 0 Å². The Balaban J connectivity index is 2.25. The summed E-state index contributed by atoms with van der Waals surface area (Å²) in [5.41, 5.74) is 0. The average Bonchev–Trinajstić information content (AvgIpc) is 2.72. The van der Waals surface area contributed by atoms with Gasteiger partial charge < -0.3 is 14.2 Å². The van der Waals surface area contributed by atoms with E-state index in [1.54, 1.807) is 6.92 Å². The fourth-order valence-corrected chi connectivity index (χ4v) is 1.26.